The third kappa shape index (κ3) is 4.60. The Balaban J connectivity index is 1.31. The highest BCUT2D eigenvalue weighted by Gasteiger charge is 2.19. The second-order valence-electron chi connectivity index (χ2n) is 8.99. The number of nitrogens with zero attached hydrogens (tertiary/aromatic N) is 4. The van der Waals surface area contributed by atoms with Crippen molar-refractivity contribution in [2.45, 2.75) is 6.92 Å². The molecular weight excluding hydrogens is 508 g/mol. The van der Waals surface area contributed by atoms with E-state index in [-0.39, 0.29) is 17.2 Å². The number of aromatic nitrogens is 4. The number of fused-ring (bicyclic) bond motifs is 1. The zero-order chi connectivity index (χ0) is 26.9. The molecule has 0 saturated heterocycles. The molecule has 3 aromatic carbocycles. The average Bonchev–Trinajstić information content (AvgIpc) is 3.57. The van der Waals surface area contributed by atoms with Crippen molar-refractivity contribution in [2.75, 3.05) is 10.6 Å². The van der Waals surface area contributed by atoms with Gasteiger partial charge in [0.25, 0.3) is 11.5 Å². The number of hydrogen-bond acceptors (Lipinski definition) is 6. The van der Waals surface area contributed by atoms with Crippen LogP contribution in [-0.4, -0.2) is 25.2 Å². The molecule has 3 heterocycles. The van der Waals surface area contributed by atoms with E-state index in [1.807, 2.05) is 78.2 Å². The quantitative estimate of drug-likeness (QED) is 0.268. The second-order valence-corrected chi connectivity index (χ2v) is 9.93. The molecule has 1 amide bonds. The van der Waals surface area contributed by atoms with Crippen LogP contribution in [-0.2, 0) is 7.05 Å². The summed E-state index contributed by atoms with van der Waals surface area (Å²) in [6.45, 7) is 1.81. The standard InChI is InChI=1S/C30H24N6O2S/c1-19-26(30(38)36(35(19)2)22-12-4-3-5-13-22)33-29(37)20-10-8-11-21(18-20)31-27-23-14-6-7-15-24(23)32-28(34-27)25-16-9-17-39-25/h3-18H,1-2H3,(H,33,37)(H,31,32,34). The van der Waals surface area contributed by atoms with Gasteiger partial charge < -0.3 is 10.6 Å². The number of nitrogens with one attached hydrogen (secondary N) is 2. The van der Waals surface area contributed by atoms with Crippen molar-refractivity contribution in [3.8, 4) is 16.4 Å². The predicted octanol–water partition coefficient (Wildman–Crippen LogP) is 6.15. The summed E-state index contributed by atoms with van der Waals surface area (Å²) >= 11 is 1.58. The summed E-state index contributed by atoms with van der Waals surface area (Å²) in [6.07, 6.45) is 0. The SMILES string of the molecule is Cc1c(NC(=O)c2cccc(Nc3nc(-c4cccs4)nc4ccccc34)c2)c(=O)n(-c2ccccc2)n1C. The van der Waals surface area contributed by atoms with E-state index in [9.17, 15) is 9.59 Å². The van der Waals surface area contributed by atoms with Crippen molar-refractivity contribution in [1.82, 2.24) is 19.3 Å². The number of rotatable bonds is 6. The molecule has 0 atom stereocenters. The van der Waals surface area contributed by atoms with E-state index in [0.717, 1.165) is 21.5 Å². The van der Waals surface area contributed by atoms with Crippen LogP contribution in [0.2, 0.25) is 0 Å². The van der Waals surface area contributed by atoms with Gasteiger partial charge in [-0.25, -0.2) is 14.6 Å². The third-order valence-electron chi connectivity index (χ3n) is 6.53. The van der Waals surface area contributed by atoms with Gasteiger partial charge in [-0.1, -0.05) is 42.5 Å². The number of thiophene rings is 1. The van der Waals surface area contributed by atoms with Crippen LogP contribution in [0.15, 0.2) is 101 Å². The van der Waals surface area contributed by atoms with Gasteiger partial charge in [0.2, 0.25) is 0 Å². The Labute approximate surface area is 228 Å². The molecule has 39 heavy (non-hydrogen) atoms. The number of carbonyl (C=O) groups is 1. The highest BCUT2D eigenvalue weighted by molar-refractivity contribution is 7.13. The Hall–Kier alpha value is -5.02. The smallest absolute Gasteiger partial charge is 0.295 e. The van der Waals surface area contributed by atoms with E-state index >= 15 is 0 Å². The Morgan fingerprint density at radius 3 is 2.49 bits per heavy atom. The van der Waals surface area contributed by atoms with Crippen molar-refractivity contribution in [3.05, 3.63) is 118 Å². The van der Waals surface area contributed by atoms with E-state index in [2.05, 4.69) is 10.6 Å². The van der Waals surface area contributed by atoms with Crippen molar-refractivity contribution >= 4 is 45.3 Å². The predicted molar refractivity (Wildman–Crippen MR) is 156 cm³/mol. The van der Waals surface area contributed by atoms with E-state index in [4.69, 9.17) is 9.97 Å². The first-order chi connectivity index (χ1) is 19.0. The van der Waals surface area contributed by atoms with Crippen LogP contribution in [0.1, 0.15) is 16.1 Å². The van der Waals surface area contributed by atoms with Gasteiger partial charge in [0.15, 0.2) is 5.82 Å². The molecular formula is C30H24N6O2S. The summed E-state index contributed by atoms with van der Waals surface area (Å²) in [5.74, 6) is 0.900. The van der Waals surface area contributed by atoms with Crippen molar-refractivity contribution < 1.29 is 4.79 Å². The zero-order valence-electron chi connectivity index (χ0n) is 21.3. The number of para-hydroxylation sites is 2. The van der Waals surface area contributed by atoms with Crippen molar-refractivity contribution in [1.29, 1.82) is 0 Å². The minimum atomic E-state index is -0.378. The lowest BCUT2D eigenvalue weighted by molar-refractivity contribution is 0.102. The number of hydrogen-bond donors (Lipinski definition) is 2. The van der Waals surface area contributed by atoms with Crippen molar-refractivity contribution in [3.63, 3.8) is 0 Å². The molecule has 0 radical (unpaired) electrons. The fourth-order valence-electron chi connectivity index (χ4n) is 4.46. The Kier molecular flexibility index (Phi) is 6.26. The topological polar surface area (TPSA) is 93.8 Å². The van der Waals surface area contributed by atoms with E-state index in [0.29, 0.717) is 28.6 Å². The summed E-state index contributed by atoms with van der Waals surface area (Å²) in [5, 5.41) is 9.06. The Morgan fingerprint density at radius 2 is 1.69 bits per heavy atom. The summed E-state index contributed by atoms with van der Waals surface area (Å²) in [5.41, 5.74) is 3.24. The van der Waals surface area contributed by atoms with Gasteiger partial charge >= 0.3 is 0 Å². The molecule has 6 rings (SSSR count). The lowest BCUT2D eigenvalue weighted by Crippen LogP contribution is -2.23. The molecule has 0 spiro atoms. The van der Waals surface area contributed by atoms with E-state index in [1.54, 1.807) is 48.2 Å². The number of benzene rings is 3. The Bertz CT molecular complexity index is 1870. The first kappa shape index (κ1) is 24.3. The largest absolute Gasteiger partial charge is 0.340 e. The van der Waals surface area contributed by atoms with E-state index < -0.39 is 0 Å². The van der Waals surface area contributed by atoms with Gasteiger partial charge in [-0.2, -0.15) is 0 Å². The molecule has 3 aromatic heterocycles. The lowest BCUT2D eigenvalue weighted by Gasteiger charge is -2.11. The fraction of sp³-hybridized carbons (Fsp3) is 0.0667. The first-order valence-electron chi connectivity index (χ1n) is 12.3. The van der Waals surface area contributed by atoms with Crippen LogP contribution in [0.25, 0.3) is 27.3 Å². The maximum Gasteiger partial charge on any atom is 0.295 e. The second kappa shape index (κ2) is 10.0. The Morgan fingerprint density at radius 1 is 0.897 bits per heavy atom. The van der Waals surface area contributed by atoms with Crippen LogP contribution in [0.4, 0.5) is 17.2 Å². The fourth-order valence-corrected chi connectivity index (χ4v) is 5.12. The highest BCUT2D eigenvalue weighted by atomic mass is 32.1. The maximum absolute atomic E-state index is 13.3. The molecule has 0 bridgehead atoms. The molecule has 8 nitrogen and oxygen atoms in total. The molecule has 0 unspecified atom stereocenters. The first-order valence-corrected chi connectivity index (χ1v) is 13.2. The summed E-state index contributed by atoms with van der Waals surface area (Å²) in [6, 6.07) is 28.2. The minimum Gasteiger partial charge on any atom is -0.340 e. The molecule has 0 fully saturated rings. The summed E-state index contributed by atoms with van der Waals surface area (Å²) < 4.78 is 3.27. The molecule has 0 aliphatic rings. The molecule has 0 aliphatic carbocycles. The number of anilines is 3. The van der Waals surface area contributed by atoms with Gasteiger partial charge in [-0.15, -0.1) is 11.3 Å². The molecule has 0 aliphatic heterocycles. The van der Waals surface area contributed by atoms with Crippen LogP contribution in [0.3, 0.4) is 0 Å². The van der Waals surface area contributed by atoms with Gasteiger partial charge in [-0.05, 0) is 60.8 Å². The van der Waals surface area contributed by atoms with Gasteiger partial charge in [0.05, 0.1) is 21.8 Å². The number of carbonyl (C=O) groups excluding carboxylic acids is 1. The minimum absolute atomic E-state index is 0.243. The van der Waals surface area contributed by atoms with Gasteiger partial charge in [-0.3, -0.25) is 14.3 Å². The van der Waals surface area contributed by atoms with E-state index in [1.165, 1.54) is 4.68 Å². The molecule has 192 valence electrons. The molecule has 6 aromatic rings. The average molecular weight is 533 g/mol. The third-order valence-corrected chi connectivity index (χ3v) is 7.39. The summed E-state index contributed by atoms with van der Waals surface area (Å²) in [4.78, 5) is 37.0. The van der Waals surface area contributed by atoms with Crippen LogP contribution in [0.5, 0.6) is 0 Å². The monoisotopic (exact) mass is 532 g/mol. The van der Waals surface area contributed by atoms with Crippen molar-refractivity contribution in [2.24, 2.45) is 7.05 Å². The molecule has 2 N–H and O–H groups in total. The zero-order valence-corrected chi connectivity index (χ0v) is 22.1. The van der Waals surface area contributed by atoms with Crippen LogP contribution < -0.4 is 16.2 Å². The molecule has 0 saturated carbocycles. The highest BCUT2D eigenvalue weighted by Crippen LogP contribution is 2.29. The number of amides is 1. The normalized spacial score (nSPS) is 11.0. The van der Waals surface area contributed by atoms with Crippen LogP contribution >= 0.6 is 11.3 Å². The maximum atomic E-state index is 13.3. The molecule has 9 heteroatoms. The summed E-state index contributed by atoms with van der Waals surface area (Å²) in [7, 11) is 1.79. The lowest BCUT2D eigenvalue weighted by atomic mass is 10.1. The van der Waals surface area contributed by atoms with Gasteiger partial charge in [0, 0.05) is 23.7 Å². The van der Waals surface area contributed by atoms with Crippen LogP contribution in [0, 0.1) is 6.92 Å². The van der Waals surface area contributed by atoms with Gasteiger partial charge in [0.1, 0.15) is 11.5 Å².